The first kappa shape index (κ1) is 8.18. The topological polar surface area (TPSA) is 76.0 Å². The lowest BCUT2D eigenvalue weighted by Crippen LogP contribution is -2.44. The summed E-state index contributed by atoms with van der Waals surface area (Å²) in [6.07, 6.45) is 1.40. The first-order chi connectivity index (χ1) is 6.38. The fourth-order valence-electron chi connectivity index (χ4n) is 1.26. The van der Waals surface area contributed by atoms with Crippen molar-refractivity contribution in [1.29, 1.82) is 0 Å². The van der Waals surface area contributed by atoms with Crippen LogP contribution < -0.4 is 5.32 Å². The van der Waals surface area contributed by atoms with Crippen LogP contribution in [0.25, 0.3) is 0 Å². The molecular weight excluding hydrogens is 170 g/mol. The van der Waals surface area contributed by atoms with Gasteiger partial charge in [0.1, 0.15) is 6.33 Å². The highest BCUT2D eigenvalue weighted by atomic mass is 16.2. The number of rotatable bonds is 1. The number of hydrogen-bond donors (Lipinski definition) is 1. The molecule has 6 heteroatoms. The van der Waals surface area contributed by atoms with Crippen LogP contribution in [0, 0.1) is 0 Å². The van der Waals surface area contributed by atoms with Crippen LogP contribution in [0.2, 0.25) is 0 Å². The normalized spacial score (nSPS) is 17.4. The van der Waals surface area contributed by atoms with Crippen LogP contribution in [0.3, 0.4) is 0 Å². The van der Waals surface area contributed by atoms with Crippen LogP contribution >= 0.6 is 0 Å². The molecule has 1 fully saturated rings. The smallest absolute Gasteiger partial charge is 0.293 e. The van der Waals surface area contributed by atoms with Crippen molar-refractivity contribution in [2.24, 2.45) is 0 Å². The summed E-state index contributed by atoms with van der Waals surface area (Å²) < 4.78 is 0. The number of amides is 1. The highest BCUT2D eigenvalue weighted by Gasteiger charge is 2.20. The molecule has 2 rings (SSSR count). The van der Waals surface area contributed by atoms with E-state index in [1.807, 2.05) is 0 Å². The van der Waals surface area contributed by atoms with Gasteiger partial charge in [0.15, 0.2) is 0 Å². The number of H-pyrrole nitrogens is 1. The van der Waals surface area contributed by atoms with E-state index in [4.69, 9.17) is 0 Å². The van der Waals surface area contributed by atoms with Crippen LogP contribution in [0.4, 0.5) is 0 Å². The van der Waals surface area contributed by atoms with Crippen molar-refractivity contribution >= 4 is 5.91 Å². The number of piperazine rings is 1. The zero-order valence-electron chi connectivity index (χ0n) is 7.10. The van der Waals surface area contributed by atoms with Crippen LogP contribution in [-0.4, -0.2) is 52.2 Å². The number of hydrogen-bond acceptors (Lipinski definition) is 3. The molecule has 0 saturated carbocycles. The van der Waals surface area contributed by atoms with E-state index in [1.54, 1.807) is 4.90 Å². The highest BCUT2D eigenvalue weighted by Crippen LogP contribution is 1.99. The summed E-state index contributed by atoms with van der Waals surface area (Å²) in [5.41, 5.74) is 0. The van der Waals surface area contributed by atoms with Crippen molar-refractivity contribution < 1.29 is 4.79 Å². The predicted molar refractivity (Wildman–Crippen MR) is 44.2 cm³/mol. The number of carbonyl (C=O) groups excluding carboxylic acids is 1. The van der Waals surface area contributed by atoms with Gasteiger partial charge < -0.3 is 4.90 Å². The Morgan fingerprint density at radius 1 is 1.46 bits per heavy atom. The van der Waals surface area contributed by atoms with Crippen molar-refractivity contribution in [2.45, 2.75) is 0 Å². The molecule has 0 aliphatic carbocycles. The lowest BCUT2D eigenvalue weighted by atomic mass is 10.3. The number of nitrogens with one attached hydrogen (secondary N) is 1. The molecule has 1 aromatic rings. The van der Waals surface area contributed by atoms with Crippen molar-refractivity contribution in [3.05, 3.63) is 12.2 Å². The summed E-state index contributed by atoms with van der Waals surface area (Å²) in [4.78, 5) is 17.1. The minimum absolute atomic E-state index is 0.115. The molecule has 1 aliphatic heterocycles. The van der Waals surface area contributed by atoms with Gasteiger partial charge in [-0.3, -0.25) is 9.89 Å². The summed E-state index contributed by atoms with van der Waals surface area (Å²) in [6.45, 7) is 2.78. The number of nitrogens with zero attached hydrogens (tertiary/aromatic N) is 4. The maximum Gasteiger partial charge on any atom is 0.293 e. The first-order valence-electron chi connectivity index (χ1n) is 4.16. The molecule has 13 heavy (non-hydrogen) atoms. The van der Waals surface area contributed by atoms with Crippen LogP contribution in [0.15, 0.2) is 6.33 Å². The molecule has 0 atom stereocenters. The minimum atomic E-state index is -0.115. The Balaban J connectivity index is 2.04. The molecule has 1 aliphatic rings. The maximum atomic E-state index is 11.6. The Bertz CT molecular complexity index is 277. The van der Waals surface area contributed by atoms with Gasteiger partial charge in [-0.2, -0.15) is 0 Å². The molecule has 1 aromatic heterocycles. The Labute approximate surface area is 75.3 Å². The molecule has 0 bridgehead atoms. The fraction of sp³-hybridized carbons (Fsp3) is 0.571. The van der Waals surface area contributed by atoms with Gasteiger partial charge in [0.25, 0.3) is 5.91 Å². The van der Waals surface area contributed by atoms with Crippen molar-refractivity contribution in [3.63, 3.8) is 0 Å². The van der Waals surface area contributed by atoms with E-state index in [1.165, 1.54) is 6.33 Å². The fourth-order valence-corrected chi connectivity index (χ4v) is 1.26. The van der Waals surface area contributed by atoms with E-state index in [9.17, 15) is 4.79 Å². The summed E-state index contributed by atoms with van der Waals surface area (Å²) in [6, 6.07) is 0. The van der Waals surface area contributed by atoms with Gasteiger partial charge in [-0.25, -0.2) is 10.3 Å². The summed E-state index contributed by atoms with van der Waals surface area (Å²) in [5.74, 6) is 0.123. The van der Waals surface area contributed by atoms with E-state index >= 15 is 0 Å². The van der Waals surface area contributed by atoms with Gasteiger partial charge in [-0.15, -0.1) is 5.10 Å². The van der Waals surface area contributed by atoms with Crippen LogP contribution in [0.1, 0.15) is 10.6 Å². The molecule has 2 heterocycles. The lowest BCUT2D eigenvalue weighted by molar-refractivity contribution is 0.0722. The van der Waals surface area contributed by atoms with Crippen LogP contribution in [-0.2, 0) is 0 Å². The molecule has 1 amide bonds. The Morgan fingerprint density at radius 3 is 2.85 bits per heavy atom. The van der Waals surface area contributed by atoms with Gasteiger partial charge in [0.2, 0.25) is 5.82 Å². The number of aromatic amines is 1. The molecule has 0 aromatic carbocycles. The molecule has 69 valence electrons. The zero-order chi connectivity index (χ0) is 9.10. The van der Waals surface area contributed by atoms with Crippen molar-refractivity contribution in [3.8, 4) is 0 Å². The van der Waals surface area contributed by atoms with Gasteiger partial charge in [0.05, 0.1) is 0 Å². The molecular formula is C7H10N5O. The number of aromatic nitrogens is 3. The summed E-state index contributed by atoms with van der Waals surface area (Å²) in [7, 11) is 0. The molecule has 6 nitrogen and oxygen atoms in total. The number of carbonyl (C=O) groups is 1. The quantitative estimate of drug-likeness (QED) is 0.593. The summed E-state index contributed by atoms with van der Waals surface area (Å²) >= 11 is 0. The molecule has 1 saturated heterocycles. The average Bonchev–Trinajstić information content (AvgIpc) is 2.71. The third-order valence-electron chi connectivity index (χ3n) is 1.95. The van der Waals surface area contributed by atoms with E-state index in [0.29, 0.717) is 13.1 Å². The molecule has 1 radical (unpaired) electrons. The zero-order valence-corrected chi connectivity index (χ0v) is 7.10. The second kappa shape index (κ2) is 3.53. The molecule has 0 unspecified atom stereocenters. The third kappa shape index (κ3) is 1.67. The maximum absolute atomic E-state index is 11.6. The summed E-state index contributed by atoms with van der Waals surface area (Å²) in [5, 5.41) is 10.4. The monoisotopic (exact) mass is 180 g/mol. The van der Waals surface area contributed by atoms with Crippen LogP contribution in [0.5, 0.6) is 0 Å². The average molecular weight is 180 g/mol. The minimum Gasteiger partial charge on any atom is -0.333 e. The third-order valence-corrected chi connectivity index (χ3v) is 1.95. The lowest BCUT2D eigenvalue weighted by Gasteiger charge is -2.25. The van der Waals surface area contributed by atoms with E-state index < -0.39 is 0 Å². The second-order valence-electron chi connectivity index (χ2n) is 2.79. The largest absolute Gasteiger partial charge is 0.333 e. The van der Waals surface area contributed by atoms with Gasteiger partial charge in [0, 0.05) is 26.2 Å². The van der Waals surface area contributed by atoms with Crippen molar-refractivity contribution in [1.82, 2.24) is 25.4 Å². The standard InChI is InChI=1S/C7H10N5O/c13-7(6-9-5-10-11-6)12-3-1-8-2-4-12/h5H,1-4H2,(H,9,10,11). The Kier molecular flexibility index (Phi) is 2.22. The Morgan fingerprint density at radius 2 is 2.23 bits per heavy atom. The molecule has 0 spiro atoms. The SMILES string of the molecule is O=C(c1nc[nH]n1)N1CC[N]CC1. The van der Waals surface area contributed by atoms with E-state index in [0.717, 1.165) is 13.1 Å². The molecule has 1 N–H and O–H groups in total. The predicted octanol–water partition coefficient (Wildman–Crippen LogP) is -1.14. The van der Waals surface area contributed by atoms with Gasteiger partial charge in [-0.05, 0) is 0 Å². The first-order valence-corrected chi connectivity index (χ1v) is 4.16. The van der Waals surface area contributed by atoms with E-state index in [2.05, 4.69) is 20.5 Å². The highest BCUT2D eigenvalue weighted by molar-refractivity contribution is 5.90. The van der Waals surface area contributed by atoms with Crippen molar-refractivity contribution in [2.75, 3.05) is 26.2 Å². The second-order valence-corrected chi connectivity index (χ2v) is 2.79. The van der Waals surface area contributed by atoms with E-state index in [-0.39, 0.29) is 11.7 Å². The Hall–Kier alpha value is -1.43. The van der Waals surface area contributed by atoms with Gasteiger partial charge in [-0.1, -0.05) is 0 Å². The van der Waals surface area contributed by atoms with Gasteiger partial charge >= 0.3 is 0 Å².